The largest absolute Gasteiger partial charge is 0.484 e. The highest BCUT2D eigenvalue weighted by atomic mass is 16.5. The molecule has 1 aliphatic heterocycles. The first kappa shape index (κ1) is 18.9. The first-order valence-corrected chi connectivity index (χ1v) is 9.30. The minimum atomic E-state index is -0.209. The molecule has 2 amide bonds. The van der Waals surface area contributed by atoms with Gasteiger partial charge in [-0.05, 0) is 69.5 Å². The minimum absolute atomic E-state index is 0.00852. The van der Waals surface area contributed by atoms with Gasteiger partial charge in [0.05, 0.1) is 0 Å². The van der Waals surface area contributed by atoms with Crippen molar-refractivity contribution in [3.63, 3.8) is 0 Å². The van der Waals surface area contributed by atoms with Gasteiger partial charge in [0, 0.05) is 35.7 Å². The van der Waals surface area contributed by atoms with Crippen LogP contribution >= 0.6 is 0 Å². The molecule has 6 heteroatoms. The average Bonchev–Trinajstić information content (AvgIpc) is 2.67. The molecule has 1 aliphatic rings. The standard InChI is InChI=1S/C21H25N3O3/c1-15-4-3-5-16(2)24(15)20(25)14-27-19-8-6-17(7-9-19)21(26)23-18-10-12-22-13-11-18/h6-13,15-16H,3-5,14H2,1-2H3,(H,22,23,26). The molecule has 6 nitrogen and oxygen atoms in total. The highest BCUT2D eigenvalue weighted by molar-refractivity contribution is 6.04. The van der Waals surface area contributed by atoms with Crippen LogP contribution in [0, 0.1) is 0 Å². The molecule has 0 radical (unpaired) electrons. The summed E-state index contributed by atoms with van der Waals surface area (Å²) in [5.41, 5.74) is 1.20. The van der Waals surface area contributed by atoms with Gasteiger partial charge in [0.25, 0.3) is 11.8 Å². The summed E-state index contributed by atoms with van der Waals surface area (Å²) in [6, 6.07) is 10.7. The number of rotatable bonds is 5. The molecule has 3 rings (SSSR count). The third-order valence-corrected chi connectivity index (χ3v) is 4.90. The van der Waals surface area contributed by atoms with Crippen molar-refractivity contribution < 1.29 is 14.3 Å². The summed E-state index contributed by atoms with van der Waals surface area (Å²) < 4.78 is 5.64. The Labute approximate surface area is 159 Å². The van der Waals surface area contributed by atoms with Crippen LogP contribution in [0.5, 0.6) is 5.75 Å². The maximum Gasteiger partial charge on any atom is 0.260 e. The molecular weight excluding hydrogens is 342 g/mol. The number of ether oxygens (including phenoxy) is 1. The molecule has 2 atom stereocenters. The third-order valence-electron chi connectivity index (χ3n) is 4.90. The molecule has 0 bridgehead atoms. The van der Waals surface area contributed by atoms with Crippen LogP contribution in [0.4, 0.5) is 5.69 Å². The number of carbonyl (C=O) groups excluding carboxylic acids is 2. The van der Waals surface area contributed by atoms with Gasteiger partial charge < -0.3 is 15.0 Å². The van der Waals surface area contributed by atoms with E-state index >= 15 is 0 Å². The SMILES string of the molecule is CC1CCCC(C)N1C(=O)COc1ccc(C(=O)Nc2ccncc2)cc1. The van der Waals surface area contributed by atoms with Gasteiger partial charge in [-0.1, -0.05) is 0 Å². The number of hydrogen-bond donors (Lipinski definition) is 1. The van der Waals surface area contributed by atoms with Gasteiger partial charge in [0.1, 0.15) is 5.75 Å². The van der Waals surface area contributed by atoms with Gasteiger partial charge in [-0.3, -0.25) is 14.6 Å². The van der Waals surface area contributed by atoms with Crippen molar-refractivity contribution in [2.45, 2.75) is 45.2 Å². The zero-order chi connectivity index (χ0) is 19.2. The lowest BCUT2D eigenvalue weighted by Crippen LogP contribution is -2.49. The number of nitrogens with zero attached hydrogens (tertiary/aromatic N) is 2. The second kappa shape index (κ2) is 8.66. The van der Waals surface area contributed by atoms with Gasteiger partial charge >= 0.3 is 0 Å². The molecule has 27 heavy (non-hydrogen) atoms. The lowest BCUT2D eigenvalue weighted by atomic mass is 9.97. The van der Waals surface area contributed by atoms with Crippen LogP contribution in [0.25, 0.3) is 0 Å². The molecule has 0 saturated carbocycles. The molecule has 2 heterocycles. The Morgan fingerprint density at radius 2 is 1.70 bits per heavy atom. The summed E-state index contributed by atoms with van der Waals surface area (Å²) in [6.07, 6.45) is 6.48. The van der Waals surface area contributed by atoms with Crippen molar-refractivity contribution in [2.75, 3.05) is 11.9 Å². The van der Waals surface area contributed by atoms with E-state index in [0.717, 1.165) is 19.3 Å². The fourth-order valence-electron chi connectivity index (χ4n) is 3.47. The van der Waals surface area contributed by atoms with Crippen LogP contribution in [0.1, 0.15) is 43.5 Å². The van der Waals surface area contributed by atoms with Crippen molar-refractivity contribution >= 4 is 17.5 Å². The second-order valence-electron chi connectivity index (χ2n) is 6.93. The lowest BCUT2D eigenvalue weighted by molar-refractivity contribution is -0.139. The lowest BCUT2D eigenvalue weighted by Gasteiger charge is -2.38. The molecular formula is C21H25N3O3. The second-order valence-corrected chi connectivity index (χ2v) is 6.93. The first-order chi connectivity index (χ1) is 13.0. The topological polar surface area (TPSA) is 71.5 Å². The quantitative estimate of drug-likeness (QED) is 0.878. The van der Waals surface area contributed by atoms with Crippen LogP contribution in [0.2, 0.25) is 0 Å². The molecule has 1 aromatic heterocycles. The predicted octanol–water partition coefficient (Wildman–Crippen LogP) is 3.50. The molecule has 1 N–H and O–H groups in total. The van der Waals surface area contributed by atoms with Crippen LogP contribution < -0.4 is 10.1 Å². The van der Waals surface area contributed by atoms with Crippen LogP contribution in [0.3, 0.4) is 0 Å². The van der Waals surface area contributed by atoms with Gasteiger partial charge in [0.2, 0.25) is 0 Å². The number of benzene rings is 1. The van der Waals surface area contributed by atoms with E-state index in [1.807, 2.05) is 4.90 Å². The highest BCUT2D eigenvalue weighted by Crippen LogP contribution is 2.23. The van der Waals surface area contributed by atoms with E-state index in [2.05, 4.69) is 24.1 Å². The van der Waals surface area contributed by atoms with Crippen molar-refractivity contribution in [1.82, 2.24) is 9.88 Å². The first-order valence-electron chi connectivity index (χ1n) is 9.30. The third kappa shape index (κ3) is 4.84. The minimum Gasteiger partial charge on any atom is -0.484 e. The molecule has 1 fully saturated rings. The Kier molecular flexibility index (Phi) is 6.06. The maximum absolute atomic E-state index is 12.5. The van der Waals surface area contributed by atoms with Crippen molar-refractivity contribution in [2.24, 2.45) is 0 Å². The normalized spacial score (nSPS) is 19.4. The van der Waals surface area contributed by atoms with Crippen LogP contribution in [-0.4, -0.2) is 40.4 Å². The van der Waals surface area contributed by atoms with E-state index in [1.54, 1.807) is 48.8 Å². The summed E-state index contributed by atoms with van der Waals surface area (Å²) >= 11 is 0. The van der Waals surface area contributed by atoms with Crippen molar-refractivity contribution in [1.29, 1.82) is 0 Å². The number of nitrogens with one attached hydrogen (secondary N) is 1. The van der Waals surface area contributed by atoms with Crippen molar-refractivity contribution in [3.05, 3.63) is 54.4 Å². The number of anilines is 1. The molecule has 2 aromatic rings. The number of amides is 2. The molecule has 2 unspecified atom stereocenters. The number of carbonyl (C=O) groups is 2. The Morgan fingerprint density at radius 3 is 2.33 bits per heavy atom. The zero-order valence-corrected chi connectivity index (χ0v) is 15.7. The molecule has 0 spiro atoms. The predicted molar refractivity (Wildman–Crippen MR) is 104 cm³/mol. The Bertz CT molecular complexity index is 767. The average molecular weight is 367 g/mol. The summed E-state index contributed by atoms with van der Waals surface area (Å²) in [5, 5.41) is 2.80. The number of pyridine rings is 1. The fraction of sp³-hybridized carbons (Fsp3) is 0.381. The van der Waals surface area contributed by atoms with E-state index in [4.69, 9.17) is 4.74 Å². The number of hydrogen-bond acceptors (Lipinski definition) is 4. The van der Waals surface area contributed by atoms with Crippen LogP contribution in [-0.2, 0) is 4.79 Å². The van der Waals surface area contributed by atoms with E-state index in [9.17, 15) is 9.59 Å². The number of aromatic nitrogens is 1. The molecule has 0 aliphatic carbocycles. The zero-order valence-electron chi connectivity index (χ0n) is 15.7. The molecule has 1 aromatic carbocycles. The smallest absolute Gasteiger partial charge is 0.260 e. The van der Waals surface area contributed by atoms with Crippen molar-refractivity contribution in [3.8, 4) is 5.75 Å². The Balaban J connectivity index is 1.54. The Morgan fingerprint density at radius 1 is 1.07 bits per heavy atom. The van der Waals surface area contributed by atoms with Gasteiger partial charge in [-0.25, -0.2) is 0 Å². The van der Waals surface area contributed by atoms with E-state index in [0.29, 0.717) is 17.0 Å². The summed E-state index contributed by atoms with van der Waals surface area (Å²) in [4.78, 5) is 30.6. The van der Waals surface area contributed by atoms with Gasteiger partial charge in [-0.2, -0.15) is 0 Å². The summed E-state index contributed by atoms with van der Waals surface area (Å²) in [5.74, 6) is 0.370. The van der Waals surface area contributed by atoms with Gasteiger partial charge in [0.15, 0.2) is 6.61 Å². The van der Waals surface area contributed by atoms with Crippen LogP contribution in [0.15, 0.2) is 48.8 Å². The van der Waals surface area contributed by atoms with E-state index in [1.165, 1.54) is 0 Å². The number of likely N-dealkylation sites (tertiary alicyclic amines) is 1. The summed E-state index contributed by atoms with van der Waals surface area (Å²) in [7, 11) is 0. The van der Waals surface area contributed by atoms with Gasteiger partial charge in [-0.15, -0.1) is 0 Å². The molecule has 142 valence electrons. The summed E-state index contributed by atoms with van der Waals surface area (Å²) in [6.45, 7) is 4.19. The number of piperidine rings is 1. The maximum atomic E-state index is 12.5. The monoisotopic (exact) mass is 367 g/mol. The molecule has 1 saturated heterocycles. The Hall–Kier alpha value is -2.89. The highest BCUT2D eigenvalue weighted by Gasteiger charge is 2.28. The van der Waals surface area contributed by atoms with E-state index in [-0.39, 0.29) is 30.5 Å². The fourth-order valence-corrected chi connectivity index (χ4v) is 3.47. The van der Waals surface area contributed by atoms with E-state index < -0.39 is 0 Å².